The molecular weight excluding hydrogens is 305 g/mol. The van der Waals surface area contributed by atoms with Gasteiger partial charge in [-0.25, -0.2) is 9.37 Å². The van der Waals surface area contributed by atoms with Gasteiger partial charge in [-0.2, -0.15) is 5.26 Å². The van der Waals surface area contributed by atoms with Crippen LogP contribution in [0.2, 0.25) is 5.02 Å². The minimum absolute atomic E-state index is 0.198. The molecule has 0 fully saturated rings. The molecule has 0 saturated carbocycles. The van der Waals surface area contributed by atoms with Gasteiger partial charge in [-0.05, 0) is 25.1 Å². The SMILES string of the molecule is C[C@@H](Nc1cc(Cl)cc2ncc(C#N)n12)c1ccc(F)cn1. The molecule has 3 aromatic heterocycles. The van der Waals surface area contributed by atoms with Crippen LogP contribution in [0, 0.1) is 17.1 Å². The summed E-state index contributed by atoms with van der Waals surface area (Å²) in [4.78, 5) is 8.20. The summed E-state index contributed by atoms with van der Waals surface area (Å²) in [6.07, 6.45) is 2.65. The molecule has 0 radical (unpaired) electrons. The number of pyridine rings is 2. The molecule has 0 aromatic carbocycles. The third-order valence-corrected chi connectivity index (χ3v) is 3.46. The van der Waals surface area contributed by atoms with Crippen molar-refractivity contribution in [2.24, 2.45) is 0 Å². The van der Waals surface area contributed by atoms with Crippen LogP contribution in [0.4, 0.5) is 10.2 Å². The molecule has 5 nitrogen and oxygen atoms in total. The molecule has 1 N–H and O–H groups in total. The van der Waals surface area contributed by atoms with Gasteiger partial charge in [0.15, 0.2) is 0 Å². The first-order valence-electron chi connectivity index (χ1n) is 6.53. The average molecular weight is 316 g/mol. The summed E-state index contributed by atoms with van der Waals surface area (Å²) in [5, 5.41) is 12.9. The van der Waals surface area contributed by atoms with Crippen LogP contribution in [0.5, 0.6) is 0 Å². The molecule has 0 aliphatic heterocycles. The summed E-state index contributed by atoms with van der Waals surface area (Å²) in [7, 11) is 0. The van der Waals surface area contributed by atoms with E-state index in [1.807, 2.05) is 6.92 Å². The van der Waals surface area contributed by atoms with Crippen molar-refractivity contribution in [3.63, 3.8) is 0 Å². The average Bonchev–Trinajstić information content (AvgIpc) is 2.90. The van der Waals surface area contributed by atoms with Gasteiger partial charge in [0.1, 0.15) is 29.0 Å². The predicted molar refractivity (Wildman–Crippen MR) is 81.1 cm³/mol. The molecule has 0 unspecified atom stereocenters. The topological polar surface area (TPSA) is 66.0 Å². The minimum atomic E-state index is -0.387. The van der Waals surface area contributed by atoms with E-state index in [1.165, 1.54) is 18.5 Å². The lowest BCUT2D eigenvalue weighted by Crippen LogP contribution is -2.11. The smallest absolute Gasteiger partial charge is 0.146 e. The highest BCUT2D eigenvalue weighted by Crippen LogP contribution is 2.24. The van der Waals surface area contributed by atoms with Crippen molar-refractivity contribution in [3.8, 4) is 6.07 Å². The number of fused-ring (bicyclic) bond motifs is 1. The standard InChI is InChI=1S/C15H11ClFN5/c1-9(13-3-2-11(17)7-19-13)21-15-5-10(16)4-14-20-8-12(6-18)22(14)15/h2-5,7-9,21H,1H3/t9-/m1/s1. The van der Waals surface area contributed by atoms with Crippen LogP contribution >= 0.6 is 11.6 Å². The Bertz CT molecular complexity index is 866. The number of hydrogen-bond acceptors (Lipinski definition) is 4. The molecule has 0 bridgehead atoms. The van der Waals surface area contributed by atoms with Crippen LogP contribution in [0.25, 0.3) is 5.65 Å². The summed E-state index contributed by atoms with van der Waals surface area (Å²) >= 11 is 6.09. The molecule has 22 heavy (non-hydrogen) atoms. The zero-order chi connectivity index (χ0) is 15.7. The highest BCUT2D eigenvalue weighted by atomic mass is 35.5. The van der Waals surface area contributed by atoms with Gasteiger partial charge >= 0.3 is 0 Å². The van der Waals surface area contributed by atoms with Crippen LogP contribution in [0.3, 0.4) is 0 Å². The molecular formula is C15H11ClFN5. The summed E-state index contributed by atoms with van der Waals surface area (Å²) in [6, 6.07) is 8.22. The summed E-state index contributed by atoms with van der Waals surface area (Å²) in [5.74, 6) is 0.234. The molecule has 1 atom stereocenters. The lowest BCUT2D eigenvalue weighted by molar-refractivity contribution is 0.617. The molecule has 0 aliphatic carbocycles. The number of halogens is 2. The molecule has 7 heteroatoms. The first kappa shape index (κ1) is 14.3. The van der Waals surface area contributed by atoms with Gasteiger partial charge in [-0.3, -0.25) is 9.38 Å². The third kappa shape index (κ3) is 2.59. The maximum Gasteiger partial charge on any atom is 0.146 e. The van der Waals surface area contributed by atoms with E-state index in [1.54, 1.807) is 22.6 Å². The second-order valence-electron chi connectivity index (χ2n) is 4.77. The van der Waals surface area contributed by atoms with Crippen LogP contribution < -0.4 is 5.32 Å². The van der Waals surface area contributed by atoms with Crippen molar-refractivity contribution in [2.45, 2.75) is 13.0 Å². The van der Waals surface area contributed by atoms with Crippen molar-refractivity contribution in [3.05, 3.63) is 58.9 Å². The number of aromatic nitrogens is 3. The fourth-order valence-electron chi connectivity index (χ4n) is 2.21. The highest BCUT2D eigenvalue weighted by molar-refractivity contribution is 6.31. The van der Waals surface area contributed by atoms with Gasteiger partial charge in [0.2, 0.25) is 0 Å². The van der Waals surface area contributed by atoms with Crippen molar-refractivity contribution in [1.29, 1.82) is 5.26 Å². The van der Waals surface area contributed by atoms with E-state index in [2.05, 4.69) is 21.4 Å². The Hall–Kier alpha value is -2.65. The second-order valence-corrected chi connectivity index (χ2v) is 5.21. The van der Waals surface area contributed by atoms with Crippen molar-refractivity contribution < 1.29 is 4.39 Å². The highest BCUT2D eigenvalue weighted by Gasteiger charge is 2.13. The molecule has 3 aromatic rings. The van der Waals surface area contributed by atoms with E-state index in [9.17, 15) is 9.65 Å². The molecule has 3 rings (SSSR count). The van der Waals surface area contributed by atoms with Crippen molar-refractivity contribution in [1.82, 2.24) is 14.4 Å². The summed E-state index contributed by atoms with van der Waals surface area (Å²) < 4.78 is 14.6. The third-order valence-electron chi connectivity index (χ3n) is 3.24. The molecule has 0 saturated heterocycles. The largest absolute Gasteiger partial charge is 0.363 e. The van der Waals surface area contributed by atoms with Gasteiger partial charge in [0, 0.05) is 11.1 Å². The fourth-order valence-corrected chi connectivity index (χ4v) is 2.41. The molecule has 0 amide bonds. The van der Waals surface area contributed by atoms with Crippen molar-refractivity contribution in [2.75, 3.05) is 5.32 Å². The molecule has 0 aliphatic rings. The summed E-state index contributed by atoms with van der Waals surface area (Å²) in [5.41, 5.74) is 1.65. The van der Waals surface area contributed by atoms with E-state index in [0.29, 0.717) is 27.9 Å². The summed E-state index contributed by atoms with van der Waals surface area (Å²) in [6.45, 7) is 1.88. The second kappa shape index (κ2) is 5.62. The molecule has 110 valence electrons. The molecule has 3 heterocycles. The van der Waals surface area contributed by atoms with Gasteiger partial charge in [-0.1, -0.05) is 11.6 Å². The van der Waals surface area contributed by atoms with E-state index in [4.69, 9.17) is 11.6 Å². The first-order valence-corrected chi connectivity index (χ1v) is 6.91. The van der Waals surface area contributed by atoms with Gasteiger partial charge in [0.25, 0.3) is 0 Å². The van der Waals surface area contributed by atoms with E-state index in [-0.39, 0.29) is 11.9 Å². The van der Waals surface area contributed by atoms with Gasteiger partial charge in [-0.15, -0.1) is 0 Å². The maximum absolute atomic E-state index is 12.9. The molecule has 0 spiro atoms. The normalized spacial score (nSPS) is 12.1. The minimum Gasteiger partial charge on any atom is -0.363 e. The number of rotatable bonds is 3. The van der Waals surface area contributed by atoms with Crippen LogP contribution in [-0.4, -0.2) is 14.4 Å². The van der Waals surface area contributed by atoms with Crippen molar-refractivity contribution >= 4 is 23.1 Å². The lowest BCUT2D eigenvalue weighted by atomic mass is 10.2. The predicted octanol–water partition coefficient (Wildman–Crippen LogP) is 3.57. The Morgan fingerprint density at radius 2 is 2.14 bits per heavy atom. The van der Waals surface area contributed by atoms with Crippen LogP contribution in [-0.2, 0) is 0 Å². The quantitative estimate of drug-likeness (QED) is 0.802. The Balaban J connectivity index is 2.01. The number of anilines is 1. The Labute approximate surface area is 131 Å². The number of nitrogens with one attached hydrogen (secondary N) is 1. The van der Waals surface area contributed by atoms with E-state index < -0.39 is 0 Å². The first-order chi connectivity index (χ1) is 10.6. The Morgan fingerprint density at radius 3 is 2.82 bits per heavy atom. The monoisotopic (exact) mass is 315 g/mol. The van der Waals surface area contributed by atoms with E-state index in [0.717, 1.165) is 0 Å². The number of nitrogens with zero attached hydrogens (tertiary/aromatic N) is 4. The van der Waals surface area contributed by atoms with Crippen LogP contribution in [0.15, 0.2) is 36.7 Å². The Morgan fingerprint density at radius 1 is 1.32 bits per heavy atom. The number of hydrogen-bond donors (Lipinski definition) is 1. The lowest BCUT2D eigenvalue weighted by Gasteiger charge is -2.16. The zero-order valence-electron chi connectivity index (χ0n) is 11.6. The Kier molecular flexibility index (Phi) is 3.65. The zero-order valence-corrected chi connectivity index (χ0v) is 12.3. The van der Waals surface area contributed by atoms with Gasteiger partial charge < -0.3 is 5.32 Å². The van der Waals surface area contributed by atoms with E-state index >= 15 is 0 Å². The van der Waals surface area contributed by atoms with Gasteiger partial charge in [0.05, 0.1) is 24.1 Å². The fraction of sp³-hybridized carbons (Fsp3) is 0.133. The number of nitriles is 1. The maximum atomic E-state index is 12.9. The van der Waals surface area contributed by atoms with Crippen LogP contribution in [0.1, 0.15) is 24.4 Å². The number of imidazole rings is 1.